The van der Waals surface area contributed by atoms with E-state index >= 15 is 0 Å². The Balaban J connectivity index is 1.69. The van der Waals surface area contributed by atoms with Gasteiger partial charge in [0.2, 0.25) is 0 Å². The van der Waals surface area contributed by atoms with Gasteiger partial charge in [-0.1, -0.05) is 12.8 Å². The summed E-state index contributed by atoms with van der Waals surface area (Å²) < 4.78 is 8.12. The molecule has 0 aromatic carbocycles. The number of carbonyl (C=O) groups is 1. The number of carbonyl (C=O) groups excluding carboxylic acids is 1. The molecule has 6 nitrogen and oxygen atoms in total. The molecule has 0 spiro atoms. The number of nitrogens with zero attached hydrogens (tertiary/aromatic N) is 2. The lowest BCUT2D eigenvalue weighted by Gasteiger charge is -2.12. The van der Waals surface area contributed by atoms with Gasteiger partial charge in [0.15, 0.2) is 5.11 Å². The van der Waals surface area contributed by atoms with Crippen LogP contribution in [0, 0.1) is 0 Å². The fourth-order valence-corrected chi connectivity index (χ4v) is 5.20. The monoisotopic (exact) mass is 484 g/mol. The van der Waals surface area contributed by atoms with Gasteiger partial charge in [0.25, 0.3) is 0 Å². The summed E-state index contributed by atoms with van der Waals surface area (Å²) in [4.78, 5) is 13.9. The lowest BCUT2D eigenvalue weighted by molar-refractivity contribution is 0.0526. The zero-order valence-electron chi connectivity index (χ0n) is 15.9. The van der Waals surface area contributed by atoms with Crippen LogP contribution in [-0.4, -0.2) is 34.0 Å². The molecule has 3 rings (SSSR count). The highest BCUT2D eigenvalue weighted by molar-refractivity contribution is 9.10. The van der Waals surface area contributed by atoms with Crippen LogP contribution in [0.2, 0.25) is 0 Å². The minimum atomic E-state index is -0.257. The first-order chi connectivity index (χ1) is 13.6. The minimum Gasteiger partial charge on any atom is -0.462 e. The number of ether oxygens (including phenoxy) is 1. The maximum atomic E-state index is 12.6. The number of esters is 1. The summed E-state index contributed by atoms with van der Waals surface area (Å²) in [7, 11) is 0. The van der Waals surface area contributed by atoms with Gasteiger partial charge in [0.05, 0.1) is 29.4 Å². The Morgan fingerprint density at radius 3 is 2.86 bits per heavy atom. The number of nitrogens with one attached hydrogen (secondary N) is 2. The third-order valence-electron chi connectivity index (χ3n) is 4.61. The fourth-order valence-electron chi connectivity index (χ4n) is 3.32. The van der Waals surface area contributed by atoms with Gasteiger partial charge in [-0.2, -0.15) is 5.10 Å². The lowest BCUT2D eigenvalue weighted by atomic mass is 9.96. The van der Waals surface area contributed by atoms with Crippen LogP contribution in [-0.2, 0) is 24.1 Å². The van der Waals surface area contributed by atoms with Crippen LogP contribution in [0.1, 0.15) is 53.4 Å². The number of hydrogen-bond donors (Lipinski definition) is 2. The molecule has 0 fully saturated rings. The third-order valence-corrected chi connectivity index (χ3v) is 6.47. The molecular weight excluding hydrogens is 460 g/mol. The highest BCUT2D eigenvalue weighted by Gasteiger charge is 2.25. The van der Waals surface area contributed by atoms with Crippen molar-refractivity contribution < 1.29 is 9.53 Å². The van der Waals surface area contributed by atoms with Gasteiger partial charge in [-0.05, 0) is 66.3 Å². The molecule has 0 saturated carbocycles. The van der Waals surface area contributed by atoms with Crippen molar-refractivity contribution in [2.45, 2.75) is 52.0 Å². The smallest absolute Gasteiger partial charge is 0.341 e. The van der Waals surface area contributed by atoms with E-state index in [4.69, 9.17) is 17.0 Å². The molecular formula is C19H25BrN4O2S2. The van der Waals surface area contributed by atoms with E-state index in [1.54, 1.807) is 17.5 Å². The summed E-state index contributed by atoms with van der Waals surface area (Å²) in [5.41, 5.74) is 1.82. The number of rotatable bonds is 6. The molecule has 152 valence electrons. The second-order valence-electron chi connectivity index (χ2n) is 6.65. The molecule has 9 heteroatoms. The molecule has 2 aromatic heterocycles. The Morgan fingerprint density at radius 1 is 1.36 bits per heavy atom. The van der Waals surface area contributed by atoms with Crippen LogP contribution in [0.25, 0.3) is 0 Å². The van der Waals surface area contributed by atoms with Crippen molar-refractivity contribution in [2.24, 2.45) is 0 Å². The molecule has 0 saturated heterocycles. The fraction of sp³-hybridized carbons (Fsp3) is 0.526. The zero-order valence-corrected chi connectivity index (χ0v) is 19.1. The Bertz CT molecular complexity index is 834. The van der Waals surface area contributed by atoms with Crippen LogP contribution in [0.4, 0.5) is 5.00 Å². The molecule has 0 aliphatic heterocycles. The molecule has 0 unspecified atom stereocenters. The quantitative estimate of drug-likeness (QED) is 0.463. The van der Waals surface area contributed by atoms with Crippen LogP contribution in [0.3, 0.4) is 0 Å². The largest absolute Gasteiger partial charge is 0.462 e. The predicted molar refractivity (Wildman–Crippen MR) is 120 cm³/mol. The molecule has 1 aliphatic rings. The van der Waals surface area contributed by atoms with Gasteiger partial charge in [-0.25, -0.2) is 4.79 Å². The molecule has 0 atom stereocenters. The Kier molecular flexibility index (Phi) is 7.87. The van der Waals surface area contributed by atoms with E-state index in [1.807, 2.05) is 17.8 Å². The first-order valence-corrected chi connectivity index (χ1v) is 11.6. The Labute approximate surface area is 183 Å². The van der Waals surface area contributed by atoms with Crippen molar-refractivity contribution in [2.75, 3.05) is 18.5 Å². The normalized spacial score (nSPS) is 13.9. The molecule has 28 heavy (non-hydrogen) atoms. The molecule has 1 aliphatic carbocycles. The Morgan fingerprint density at radius 2 is 2.14 bits per heavy atom. The van der Waals surface area contributed by atoms with Crippen molar-refractivity contribution in [3.05, 3.63) is 32.9 Å². The van der Waals surface area contributed by atoms with Crippen LogP contribution in [0.15, 0.2) is 16.9 Å². The number of aromatic nitrogens is 2. The van der Waals surface area contributed by atoms with E-state index < -0.39 is 0 Å². The number of aryl methyl sites for hydroxylation is 1. The molecule has 0 bridgehead atoms. The number of hydrogen-bond acceptors (Lipinski definition) is 5. The van der Waals surface area contributed by atoms with E-state index in [9.17, 15) is 4.79 Å². The molecule has 0 amide bonds. The summed E-state index contributed by atoms with van der Waals surface area (Å²) in [5, 5.41) is 12.0. The molecule has 0 radical (unpaired) electrons. The number of halogens is 1. The van der Waals surface area contributed by atoms with Crippen molar-refractivity contribution in [1.82, 2.24) is 15.1 Å². The number of fused-ring (bicyclic) bond motifs is 1. The highest BCUT2D eigenvalue weighted by Crippen LogP contribution is 2.37. The maximum Gasteiger partial charge on any atom is 0.341 e. The van der Waals surface area contributed by atoms with Crippen molar-refractivity contribution in [3.63, 3.8) is 0 Å². The van der Waals surface area contributed by atoms with Crippen molar-refractivity contribution in [1.29, 1.82) is 0 Å². The summed E-state index contributed by atoms with van der Waals surface area (Å²) in [6.07, 6.45) is 10.3. The first-order valence-electron chi connectivity index (χ1n) is 9.63. The summed E-state index contributed by atoms with van der Waals surface area (Å²) in [6, 6.07) is 0. The SMILES string of the molecule is CCOC(=O)c1c(NC(=S)NCCn2cc(Br)cn2)sc2c1CCCCCC2. The average Bonchev–Trinajstić information content (AvgIpc) is 3.18. The second kappa shape index (κ2) is 10.4. The minimum absolute atomic E-state index is 0.257. The van der Waals surface area contributed by atoms with E-state index in [1.165, 1.54) is 17.7 Å². The van der Waals surface area contributed by atoms with E-state index in [0.29, 0.717) is 30.4 Å². The molecule has 2 heterocycles. The maximum absolute atomic E-state index is 12.6. The van der Waals surface area contributed by atoms with Gasteiger partial charge in [0, 0.05) is 17.6 Å². The van der Waals surface area contributed by atoms with Crippen LogP contribution in [0.5, 0.6) is 0 Å². The predicted octanol–water partition coefficient (Wildman–Crippen LogP) is 4.53. The van der Waals surface area contributed by atoms with Crippen molar-refractivity contribution >= 4 is 55.6 Å². The lowest BCUT2D eigenvalue weighted by Crippen LogP contribution is -2.31. The number of thiophene rings is 1. The average molecular weight is 485 g/mol. The van der Waals surface area contributed by atoms with E-state index in [0.717, 1.165) is 40.7 Å². The number of anilines is 1. The summed E-state index contributed by atoms with van der Waals surface area (Å²) in [5.74, 6) is -0.257. The summed E-state index contributed by atoms with van der Waals surface area (Å²) >= 11 is 10.5. The van der Waals surface area contributed by atoms with Gasteiger partial charge in [-0.3, -0.25) is 4.68 Å². The van der Waals surface area contributed by atoms with Crippen LogP contribution < -0.4 is 10.6 Å². The van der Waals surface area contributed by atoms with E-state index in [2.05, 4.69) is 31.7 Å². The molecule has 2 aromatic rings. The van der Waals surface area contributed by atoms with E-state index in [-0.39, 0.29) is 5.97 Å². The van der Waals surface area contributed by atoms with Gasteiger partial charge < -0.3 is 15.4 Å². The summed E-state index contributed by atoms with van der Waals surface area (Å²) in [6.45, 7) is 3.53. The van der Waals surface area contributed by atoms with Gasteiger partial charge in [0.1, 0.15) is 5.00 Å². The molecule has 2 N–H and O–H groups in total. The highest BCUT2D eigenvalue weighted by atomic mass is 79.9. The second-order valence-corrected chi connectivity index (χ2v) is 9.07. The third kappa shape index (κ3) is 5.55. The zero-order chi connectivity index (χ0) is 19.9. The first kappa shape index (κ1) is 21.3. The van der Waals surface area contributed by atoms with Gasteiger partial charge >= 0.3 is 5.97 Å². The van der Waals surface area contributed by atoms with Gasteiger partial charge in [-0.15, -0.1) is 11.3 Å². The Hall–Kier alpha value is -1.45. The standard InChI is InChI=1S/C19H25BrN4O2S2/c1-2-26-18(25)16-14-7-5-3-4-6-8-15(14)28-17(16)23-19(27)21-9-10-24-12-13(20)11-22-24/h11-12H,2-10H2,1H3,(H2,21,23,27). The van der Waals surface area contributed by atoms with Crippen LogP contribution >= 0.6 is 39.5 Å². The topological polar surface area (TPSA) is 68.2 Å². The number of thiocarbonyl (C=S) groups is 1. The van der Waals surface area contributed by atoms with Crippen molar-refractivity contribution in [3.8, 4) is 0 Å².